The Morgan fingerprint density at radius 1 is 1.04 bits per heavy atom. The van der Waals surface area contributed by atoms with Crippen LogP contribution < -0.4 is 4.72 Å². The van der Waals surface area contributed by atoms with Crippen molar-refractivity contribution in [2.45, 2.75) is 4.90 Å². The lowest BCUT2D eigenvalue weighted by Gasteiger charge is -2.11. The summed E-state index contributed by atoms with van der Waals surface area (Å²) >= 11 is 0. The summed E-state index contributed by atoms with van der Waals surface area (Å²) in [6.07, 6.45) is 1.66. The second-order valence-corrected chi connectivity index (χ2v) is 6.97. The molecule has 0 aliphatic rings. The zero-order valence-corrected chi connectivity index (χ0v) is 13.9. The van der Waals surface area contributed by atoms with Crippen LogP contribution in [0.4, 0.5) is 11.4 Å². The predicted octanol–water partition coefficient (Wildman–Crippen LogP) is 4.47. The van der Waals surface area contributed by atoms with Crippen LogP contribution in [0, 0.1) is 5.39 Å². The molecule has 0 bridgehead atoms. The minimum Gasteiger partial charge on any atom is -0.501 e. The normalized spacial score (nSPS) is 11.0. The van der Waals surface area contributed by atoms with Crippen molar-refractivity contribution in [3.05, 3.63) is 71.7 Å². The van der Waals surface area contributed by atoms with E-state index in [1.54, 1.807) is 36.4 Å². The van der Waals surface area contributed by atoms with Crippen LogP contribution in [0.15, 0.2) is 66.1 Å². The quantitative estimate of drug-likeness (QED) is 0.677. The average molecular weight is 352 g/mol. The standard InChI is InChI=1S/C18H13N3O3S/c1-2-12-6-8-13(9-7-12)21-25(23,24)17-5-3-4-15-14(17)10-11-16(20-19)18(15)22/h2-11,21H,1H2/p+1. The molecule has 124 valence electrons. The van der Waals surface area contributed by atoms with Gasteiger partial charge in [-0.2, -0.15) is 0 Å². The summed E-state index contributed by atoms with van der Waals surface area (Å²) in [7, 11) is -3.88. The van der Waals surface area contributed by atoms with Crippen LogP contribution in [0.5, 0.6) is 5.75 Å². The van der Waals surface area contributed by atoms with Crippen molar-refractivity contribution in [2.75, 3.05) is 4.72 Å². The summed E-state index contributed by atoms with van der Waals surface area (Å²) < 4.78 is 28.0. The third-order valence-electron chi connectivity index (χ3n) is 3.77. The van der Waals surface area contributed by atoms with Crippen molar-refractivity contribution in [2.24, 2.45) is 0 Å². The smallest absolute Gasteiger partial charge is 0.426 e. The van der Waals surface area contributed by atoms with Gasteiger partial charge in [-0.1, -0.05) is 36.9 Å². The fraction of sp³-hybridized carbons (Fsp3) is 0. The molecule has 0 aromatic heterocycles. The molecule has 3 rings (SSSR count). The van der Waals surface area contributed by atoms with Crippen LogP contribution in [0.1, 0.15) is 5.56 Å². The first kappa shape index (κ1) is 16.5. The third kappa shape index (κ3) is 3.03. The summed E-state index contributed by atoms with van der Waals surface area (Å²) in [4.78, 5) is 2.98. The molecule has 0 saturated carbocycles. The van der Waals surface area contributed by atoms with Crippen molar-refractivity contribution in [3.63, 3.8) is 0 Å². The van der Waals surface area contributed by atoms with Gasteiger partial charge in [-0.15, -0.1) is 0 Å². The van der Waals surface area contributed by atoms with Gasteiger partial charge in [0.25, 0.3) is 10.0 Å². The number of diazo groups is 1. The summed E-state index contributed by atoms with van der Waals surface area (Å²) in [6.45, 7) is 3.65. The number of aromatic hydroxyl groups is 1. The van der Waals surface area contributed by atoms with Gasteiger partial charge < -0.3 is 5.11 Å². The average Bonchev–Trinajstić information content (AvgIpc) is 2.62. The Kier molecular flexibility index (Phi) is 4.13. The maximum absolute atomic E-state index is 12.8. The van der Waals surface area contributed by atoms with Crippen molar-refractivity contribution >= 4 is 38.2 Å². The molecule has 0 atom stereocenters. The number of hydrogen-bond acceptors (Lipinski definition) is 4. The predicted molar refractivity (Wildman–Crippen MR) is 97.7 cm³/mol. The lowest BCUT2D eigenvalue weighted by molar-refractivity contribution is 0.484. The van der Waals surface area contributed by atoms with Crippen molar-refractivity contribution in [1.29, 1.82) is 5.39 Å². The molecule has 25 heavy (non-hydrogen) atoms. The van der Waals surface area contributed by atoms with Gasteiger partial charge in [-0.05, 0) is 29.8 Å². The van der Waals surface area contributed by atoms with Crippen LogP contribution in [0.2, 0.25) is 0 Å². The number of nitrogens with zero attached hydrogens (tertiary/aromatic N) is 2. The molecular weight excluding hydrogens is 338 g/mol. The first-order valence-electron chi connectivity index (χ1n) is 7.31. The van der Waals surface area contributed by atoms with Gasteiger partial charge in [0.05, 0.1) is 4.90 Å². The molecule has 2 N–H and O–H groups in total. The number of benzene rings is 3. The number of rotatable bonds is 4. The summed E-state index contributed by atoms with van der Waals surface area (Å²) in [5.74, 6) is -0.285. The van der Waals surface area contributed by atoms with Crippen molar-refractivity contribution < 1.29 is 13.5 Å². The zero-order valence-electron chi connectivity index (χ0n) is 13.0. The zero-order chi connectivity index (χ0) is 18.0. The van der Waals surface area contributed by atoms with Crippen LogP contribution in [-0.2, 0) is 10.0 Å². The van der Waals surface area contributed by atoms with Crippen LogP contribution in [0.25, 0.3) is 21.8 Å². The molecule has 3 aromatic rings. The van der Waals surface area contributed by atoms with E-state index in [1.165, 1.54) is 24.3 Å². The second kappa shape index (κ2) is 6.26. The Morgan fingerprint density at radius 2 is 1.76 bits per heavy atom. The van der Waals surface area contributed by atoms with E-state index in [-0.39, 0.29) is 21.7 Å². The van der Waals surface area contributed by atoms with Gasteiger partial charge in [0.2, 0.25) is 11.1 Å². The summed E-state index contributed by atoms with van der Waals surface area (Å²) in [5.41, 5.74) is 1.25. The number of phenolic OH excluding ortho intramolecular Hbond substituents is 1. The van der Waals surface area contributed by atoms with E-state index >= 15 is 0 Å². The first-order valence-corrected chi connectivity index (χ1v) is 8.79. The molecule has 0 unspecified atom stereocenters. The lowest BCUT2D eigenvalue weighted by Crippen LogP contribution is -2.13. The minimum absolute atomic E-state index is 0.0117. The SMILES string of the molecule is C=Cc1ccc(NS(=O)(=O)c2cccc3c(O)c([N+]#N)ccc23)cc1. The Bertz CT molecular complexity index is 1110. The molecule has 0 spiro atoms. The monoisotopic (exact) mass is 352 g/mol. The van der Waals surface area contributed by atoms with E-state index in [1.807, 2.05) is 0 Å². The van der Waals surface area contributed by atoms with Crippen LogP contribution in [-0.4, -0.2) is 13.5 Å². The second-order valence-electron chi connectivity index (χ2n) is 5.32. The van der Waals surface area contributed by atoms with Gasteiger partial charge in [0.1, 0.15) is 0 Å². The molecular formula is C18H14N3O3S+. The summed E-state index contributed by atoms with van der Waals surface area (Å²) in [6, 6.07) is 14.1. The molecule has 7 heteroatoms. The summed E-state index contributed by atoms with van der Waals surface area (Å²) in [5, 5.41) is 19.6. The fourth-order valence-corrected chi connectivity index (χ4v) is 3.80. The van der Waals surface area contributed by atoms with Gasteiger partial charge >= 0.3 is 5.69 Å². The van der Waals surface area contributed by atoms with Crippen molar-refractivity contribution in [3.8, 4) is 5.75 Å². The number of phenols is 1. The van der Waals surface area contributed by atoms with E-state index in [0.717, 1.165) is 5.56 Å². The van der Waals surface area contributed by atoms with Gasteiger partial charge in [0.15, 0.2) is 4.98 Å². The highest BCUT2D eigenvalue weighted by Crippen LogP contribution is 2.37. The van der Waals surface area contributed by atoms with E-state index < -0.39 is 10.0 Å². The highest BCUT2D eigenvalue weighted by atomic mass is 32.2. The number of sulfonamides is 1. The van der Waals surface area contributed by atoms with E-state index in [2.05, 4.69) is 16.3 Å². The third-order valence-corrected chi connectivity index (χ3v) is 5.21. The van der Waals surface area contributed by atoms with E-state index in [4.69, 9.17) is 5.39 Å². The van der Waals surface area contributed by atoms with E-state index in [0.29, 0.717) is 11.1 Å². The van der Waals surface area contributed by atoms with Crippen molar-refractivity contribution in [1.82, 2.24) is 0 Å². The van der Waals surface area contributed by atoms with Crippen LogP contribution in [0.3, 0.4) is 0 Å². The first-order chi connectivity index (χ1) is 12.0. The van der Waals surface area contributed by atoms with E-state index in [9.17, 15) is 13.5 Å². The molecule has 0 saturated heterocycles. The number of hydrogen-bond donors (Lipinski definition) is 2. The Balaban J connectivity index is 2.09. The number of fused-ring (bicyclic) bond motifs is 1. The Morgan fingerprint density at radius 3 is 2.40 bits per heavy atom. The maximum Gasteiger partial charge on any atom is 0.426 e. The van der Waals surface area contributed by atoms with Gasteiger partial charge in [0, 0.05) is 22.5 Å². The molecule has 0 amide bonds. The maximum atomic E-state index is 12.8. The number of anilines is 1. The van der Waals surface area contributed by atoms with Gasteiger partial charge in [-0.3, -0.25) is 4.72 Å². The molecule has 6 nitrogen and oxygen atoms in total. The Hall–Kier alpha value is -3.37. The Labute approximate surface area is 144 Å². The topological polar surface area (TPSA) is 94.6 Å². The van der Waals surface area contributed by atoms with Gasteiger partial charge in [-0.25, -0.2) is 8.42 Å². The lowest BCUT2D eigenvalue weighted by atomic mass is 10.1. The molecule has 0 aliphatic heterocycles. The number of nitrogens with one attached hydrogen (secondary N) is 1. The molecule has 3 aromatic carbocycles. The molecule has 0 aliphatic carbocycles. The molecule has 0 fully saturated rings. The molecule has 0 radical (unpaired) electrons. The fourth-order valence-electron chi connectivity index (χ4n) is 2.51. The van der Waals surface area contributed by atoms with Crippen LogP contribution >= 0.6 is 0 Å². The molecule has 0 heterocycles. The highest BCUT2D eigenvalue weighted by molar-refractivity contribution is 7.93. The minimum atomic E-state index is -3.88. The largest absolute Gasteiger partial charge is 0.501 e. The highest BCUT2D eigenvalue weighted by Gasteiger charge is 2.22.